The van der Waals surface area contributed by atoms with Gasteiger partial charge in [-0.3, -0.25) is 4.79 Å². The van der Waals surface area contributed by atoms with Gasteiger partial charge in [0.15, 0.2) is 5.82 Å². The molecule has 0 spiro atoms. The smallest absolute Gasteiger partial charge is 0.312 e. The molecule has 2 amide bonds. The predicted octanol–water partition coefficient (Wildman–Crippen LogP) is 1.41. The third-order valence-electron chi connectivity index (χ3n) is 3.63. The largest absolute Gasteiger partial charge is 0.384 e. The number of carbonyl (C=O) groups excluding carboxylic acids is 2. The minimum atomic E-state index is -1.26. The number of H-pyrrole nitrogens is 1. The zero-order chi connectivity index (χ0) is 17.4. The maximum Gasteiger partial charge on any atom is 0.312 e. The summed E-state index contributed by atoms with van der Waals surface area (Å²) in [6.45, 7) is 0.458. The predicted molar refractivity (Wildman–Crippen MR) is 89.1 cm³/mol. The summed E-state index contributed by atoms with van der Waals surface area (Å²) in [7, 11) is 0. The van der Waals surface area contributed by atoms with E-state index in [9.17, 15) is 14.7 Å². The van der Waals surface area contributed by atoms with Crippen LogP contribution in [0.4, 0.5) is 4.79 Å². The van der Waals surface area contributed by atoms with Crippen LogP contribution in [0.25, 0.3) is 0 Å². The van der Waals surface area contributed by atoms with Crippen LogP contribution in [-0.4, -0.2) is 39.5 Å². The number of hydrogen-bond acceptors (Lipinski definition) is 4. The fourth-order valence-corrected chi connectivity index (χ4v) is 2.43. The highest BCUT2D eigenvalue weighted by atomic mass is 16.3. The van der Waals surface area contributed by atoms with Gasteiger partial charge in [-0.2, -0.15) is 0 Å². The van der Waals surface area contributed by atoms with Gasteiger partial charge in [0, 0.05) is 24.9 Å². The summed E-state index contributed by atoms with van der Waals surface area (Å²) in [5, 5.41) is 13.0. The van der Waals surface area contributed by atoms with E-state index in [-0.39, 0.29) is 5.82 Å². The van der Waals surface area contributed by atoms with Gasteiger partial charge < -0.3 is 21.1 Å². The Balaban J connectivity index is 2.03. The Bertz CT molecular complexity index is 643. The third-order valence-corrected chi connectivity index (χ3v) is 3.63. The van der Waals surface area contributed by atoms with E-state index in [2.05, 4.69) is 15.3 Å². The molecule has 2 rings (SSSR count). The van der Waals surface area contributed by atoms with Crippen molar-refractivity contribution in [3.8, 4) is 0 Å². The summed E-state index contributed by atoms with van der Waals surface area (Å²) in [4.78, 5) is 29.6. The van der Waals surface area contributed by atoms with Crippen molar-refractivity contribution in [2.75, 3.05) is 6.54 Å². The first-order chi connectivity index (χ1) is 11.6. The number of aliphatic hydroxyl groups excluding tert-OH is 1. The van der Waals surface area contributed by atoms with Crippen molar-refractivity contribution in [3.05, 3.63) is 60.0 Å². The molecule has 127 valence electrons. The number of unbranched alkanes of at least 4 members (excludes halogenated alkanes) is 1. The van der Waals surface area contributed by atoms with Gasteiger partial charge in [-0.05, 0) is 18.4 Å². The van der Waals surface area contributed by atoms with Crippen molar-refractivity contribution in [1.29, 1.82) is 0 Å². The molecule has 0 saturated heterocycles. The van der Waals surface area contributed by atoms with Crippen LogP contribution < -0.4 is 11.1 Å². The first-order valence-electron chi connectivity index (χ1n) is 7.75. The molecular formula is C17H21N4O3. The Morgan fingerprint density at radius 3 is 2.62 bits per heavy atom. The van der Waals surface area contributed by atoms with E-state index in [4.69, 9.17) is 5.73 Å². The summed E-state index contributed by atoms with van der Waals surface area (Å²) in [6, 6.07) is 8.74. The fraction of sp³-hybridized carbons (Fsp3) is 0.294. The number of nitrogens with one attached hydrogen (secondary N) is 2. The van der Waals surface area contributed by atoms with Crippen LogP contribution >= 0.6 is 0 Å². The van der Waals surface area contributed by atoms with Crippen molar-refractivity contribution in [1.82, 2.24) is 15.3 Å². The minimum absolute atomic E-state index is 0.131. The monoisotopic (exact) mass is 329 g/mol. The highest BCUT2D eigenvalue weighted by molar-refractivity contribution is 5.98. The van der Waals surface area contributed by atoms with E-state index in [1.54, 1.807) is 0 Å². The van der Waals surface area contributed by atoms with Crippen LogP contribution in [0.5, 0.6) is 0 Å². The first-order valence-corrected chi connectivity index (χ1v) is 7.75. The molecule has 0 aliphatic heterocycles. The van der Waals surface area contributed by atoms with Crippen molar-refractivity contribution in [3.63, 3.8) is 0 Å². The first kappa shape index (κ1) is 17.7. The van der Waals surface area contributed by atoms with Crippen LogP contribution in [0.2, 0.25) is 0 Å². The second kappa shape index (κ2) is 8.83. The number of rotatable bonds is 9. The molecule has 1 aromatic carbocycles. The number of Topliss-reactive ketones (excluding diaryl/α,β-unsaturated/α-hetero) is 1. The molecular weight excluding hydrogens is 308 g/mol. The number of benzene rings is 1. The number of primary amides is 1. The van der Waals surface area contributed by atoms with Crippen molar-refractivity contribution in [2.45, 2.75) is 25.4 Å². The number of ketones is 1. The number of hydrogen-bond donors (Lipinski definition) is 4. The number of nitrogens with two attached hydrogens (primary N) is 1. The van der Waals surface area contributed by atoms with Gasteiger partial charge >= 0.3 is 6.03 Å². The van der Waals surface area contributed by atoms with Gasteiger partial charge in [0.05, 0.1) is 0 Å². The van der Waals surface area contributed by atoms with E-state index in [0.29, 0.717) is 31.7 Å². The molecule has 1 heterocycles. The van der Waals surface area contributed by atoms with E-state index < -0.39 is 17.9 Å². The Morgan fingerprint density at radius 2 is 2.00 bits per heavy atom. The topological polar surface area (TPSA) is 121 Å². The van der Waals surface area contributed by atoms with Gasteiger partial charge in [-0.15, -0.1) is 0 Å². The Labute approximate surface area is 140 Å². The molecule has 0 bridgehead atoms. The molecule has 0 aliphatic carbocycles. The van der Waals surface area contributed by atoms with E-state index in [1.807, 2.05) is 30.3 Å². The number of imidazole rings is 1. The average molecular weight is 329 g/mol. The number of aromatic amines is 1. The maximum absolute atomic E-state index is 12.4. The quantitative estimate of drug-likeness (QED) is 0.410. The summed E-state index contributed by atoms with van der Waals surface area (Å²) >= 11 is 0. The molecule has 24 heavy (non-hydrogen) atoms. The molecule has 0 saturated carbocycles. The third kappa shape index (κ3) is 4.92. The molecule has 1 aromatic heterocycles. The molecule has 5 N–H and O–H groups in total. The SMILES string of the molecule is NC(=O)NCCCC[C](c1ccccc1)C(O)C(=O)c1ncc[nH]1. The number of aromatic nitrogens is 2. The minimum Gasteiger partial charge on any atom is -0.384 e. The van der Waals surface area contributed by atoms with E-state index in [1.165, 1.54) is 12.4 Å². The lowest BCUT2D eigenvalue weighted by molar-refractivity contribution is 0.0761. The summed E-state index contributed by atoms with van der Waals surface area (Å²) in [6.07, 6.45) is 3.67. The summed E-state index contributed by atoms with van der Waals surface area (Å²) < 4.78 is 0. The molecule has 0 aliphatic rings. The summed E-state index contributed by atoms with van der Waals surface area (Å²) in [5.74, 6) is 0.302. The number of carbonyl (C=O) groups is 2. The van der Waals surface area contributed by atoms with Crippen LogP contribution in [0.1, 0.15) is 35.4 Å². The van der Waals surface area contributed by atoms with Crippen molar-refractivity contribution >= 4 is 11.8 Å². The van der Waals surface area contributed by atoms with Gasteiger partial charge in [-0.1, -0.05) is 36.8 Å². The standard InChI is InChI=1S/C17H21N4O3/c18-17(24)21-9-5-4-8-13(12-6-2-1-3-7-12)14(22)15(23)16-19-10-11-20-16/h1-3,6-7,10-11,14,22H,4-5,8-9H2,(H,19,20)(H3,18,21,24). The lowest BCUT2D eigenvalue weighted by Crippen LogP contribution is -2.31. The second-order valence-corrected chi connectivity index (χ2v) is 5.34. The zero-order valence-corrected chi connectivity index (χ0v) is 13.2. The lowest BCUT2D eigenvalue weighted by Gasteiger charge is -2.21. The highest BCUT2D eigenvalue weighted by Gasteiger charge is 2.29. The lowest BCUT2D eigenvalue weighted by atomic mass is 9.86. The van der Waals surface area contributed by atoms with Gasteiger partial charge in [0.1, 0.15) is 6.10 Å². The van der Waals surface area contributed by atoms with Crippen molar-refractivity contribution < 1.29 is 14.7 Å². The normalized spacial score (nSPS) is 12.1. The van der Waals surface area contributed by atoms with Gasteiger partial charge in [0.2, 0.25) is 5.78 Å². The number of aliphatic hydroxyl groups is 1. The molecule has 7 heteroatoms. The maximum atomic E-state index is 12.4. The van der Waals surface area contributed by atoms with Gasteiger partial charge in [-0.25, -0.2) is 9.78 Å². The molecule has 2 aromatic rings. The molecule has 0 fully saturated rings. The Kier molecular flexibility index (Phi) is 6.51. The molecule has 1 atom stereocenters. The Hall–Kier alpha value is -2.67. The van der Waals surface area contributed by atoms with Crippen molar-refractivity contribution in [2.24, 2.45) is 5.73 Å². The van der Waals surface area contributed by atoms with Crippen LogP contribution in [0.3, 0.4) is 0 Å². The van der Waals surface area contributed by atoms with E-state index in [0.717, 1.165) is 5.56 Å². The van der Waals surface area contributed by atoms with Gasteiger partial charge in [0.25, 0.3) is 0 Å². The highest BCUT2D eigenvalue weighted by Crippen LogP contribution is 2.26. The van der Waals surface area contributed by atoms with Crippen LogP contribution in [0.15, 0.2) is 42.7 Å². The van der Waals surface area contributed by atoms with Crippen LogP contribution in [-0.2, 0) is 0 Å². The molecule has 1 radical (unpaired) electrons. The average Bonchev–Trinajstić information content (AvgIpc) is 3.12. The molecule has 7 nitrogen and oxygen atoms in total. The number of nitrogens with zero attached hydrogens (tertiary/aromatic N) is 1. The molecule has 1 unspecified atom stereocenters. The number of urea groups is 1. The fourth-order valence-electron chi connectivity index (χ4n) is 2.43. The summed E-state index contributed by atoms with van der Waals surface area (Å²) in [5.41, 5.74) is 5.83. The number of amides is 2. The second-order valence-electron chi connectivity index (χ2n) is 5.34. The zero-order valence-electron chi connectivity index (χ0n) is 13.2. The Morgan fingerprint density at radius 1 is 1.25 bits per heavy atom. The van der Waals surface area contributed by atoms with Crippen LogP contribution in [0, 0.1) is 5.92 Å². The van der Waals surface area contributed by atoms with E-state index >= 15 is 0 Å².